The summed E-state index contributed by atoms with van der Waals surface area (Å²) in [5, 5.41) is 21.3. The van der Waals surface area contributed by atoms with E-state index in [1.807, 2.05) is 13.0 Å². The van der Waals surface area contributed by atoms with E-state index in [1.54, 1.807) is 19.4 Å². The number of nitrogens with one attached hydrogen (secondary N) is 2. The number of rotatable bonds is 3. The molecule has 0 bridgehead atoms. The Labute approximate surface area is 98.3 Å². The smallest absolute Gasteiger partial charge is 0.216 e. The Morgan fingerprint density at radius 3 is 3.12 bits per heavy atom. The van der Waals surface area contributed by atoms with E-state index in [4.69, 9.17) is 5.26 Å². The molecule has 0 spiro atoms. The average Bonchev–Trinajstić information content (AvgIpc) is 2.28. The van der Waals surface area contributed by atoms with Crippen LogP contribution < -0.4 is 10.6 Å². The minimum atomic E-state index is 0.436. The lowest BCUT2D eigenvalue weighted by Gasteiger charge is -2.01. The van der Waals surface area contributed by atoms with Crippen molar-refractivity contribution in [2.24, 2.45) is 4.40 Å². The zero-order valence-corrected chi connectivity index (χ0v) is 9.88. The van der Waals surface area contributed by atoms with Crippen LogP contribution in [0.25, 0.3) is 0 Å². The number of nitriles is 1. The molecule has 6 nitrogen and oxygen atoms in total. The maximum atomic E-state index is 8.41. The van der Waals surface area contributed by atoms with Crippen molar-refractivity contribution in [2.75, 3.05) is 7.05 Å². The minimum absolute atomic E-state index is 0.436. The fourth-order valence-corrected chi connectivity index (χ4v) is 1.60. The first kappa shape index (κ1) is 12.3. The zero-order chi connectivity index (χ0) is 11.8. The second-order valence-electron chi connectivity index (χ2n) is 2.91. The highest BCUT2D eigenvalue weighted by molar-refractivity contribution is 7.97. The molecule has 0 unspecified atom stereocenters. The molecule has 0 aliphatic rings. The summed E-state index contributed by atoms with van der Waals surface area (Å²) in [5.74, 6) is 1.13. The van der Waals surface area contributed by atoms with Gasteiger partial charge in [-0.15, -0.1) is 0 Å². The molecule has 0 saturated heterocycles. The van der Waals surface area contributed by atoms with E-state index in [1.165, 1.54) is 11.9 Å². The molecule has 2 N–H and O–H groups in total. The van der Waals surface area contributed by atoms with Crippen molar-refractivity contribution in [1.82, 2.24) is 20.8 Å². The van der Waals surface area contributed by atoms with Gasteiger partial charge >= 0.3 is 0 Å². The summed E-state index contributed by atoms with van der Waals surface area (Å²) >= 11 is 1.33. The van der Waals surface area contributed by atoms with Crippen LogP contribution in [-0.2, 0) is 5.75 Å². The zero-order valence-electron chi connectivity index (χ0n) is 9.06. The van der Waals surface area contributed by atoms with Crippen LogP contribution >= 0.6 is 11.9 Å². The van der Waals surface area contributed by atoms with E-state index in [0.717, 1.165) is 11.3 Å². The number of hydrogen-bond acceptors (Lipinski definition) is 5. The van der Waals surface area contributed by atoms with E-state index < -0.39 is 0 Å². The van der Waals surface area contributed by atoms with Crippen LogP contribution in [0.5, 0.6) is 0 Å². The van der Waals surface area contributed by atoms with Gasteiger partial charge in [-0.1, -0.05) is 0 Å². The molecule has 1 heterocycles. The summed E-state index contributed by atoms with van der Waals surface area (Å²) in [6, 6.07) is 1.95. The van der Waals surface area contributed by atoms with Gasteiger partial charge in [-0.25, -0.2) is 0 Å². The third-order valence-electron chi connectivity index (χ3n) is 1.63. The molecule has 1 aromatic rings. The van der Waals surface area contributed by atoms with Gasteiger partial charge in [0, 0.05) is 12.8 Å². The van der Waals surface area contributed by atoms with Crippen molar-refractivity contribution < 1.29 is 0 Å². The van der Waals surface area contributed by atoms with Crippen LogP contribution in [0.3, 0.4) is 0 Å². The number of hydrogen-bond donors (Lipinski definition) is 2. The predicted molar refractivity (Wildman–Crippen MR) is 63.3 cm³/mol. The molecule has 0 aliphatic carbocycles. The Balaban J connectivity index is 2.49. The van der Waals surface area contributed by atoms with Crippen molar-refractivity contribution in [3.8, 4) is 6.19 Å². The molecule has 0 atom stereocenters. The maximum Gasteiger partial charge on any atom is 0.216 e. The highest BCUT2D eigenvalue weighted by Crippen LogP contribution is 2.12. The molecule has 0 radical (unpaired) electrons. The summed E-state index contributed by atoms with van der Waals surface area (Å²) in [6.45, 7) is 1.89. The van der Waals surface area contributed by atoms with Crippen LogP contribution in [-0.4, -0.2) is 23.2 Å². The molecule has 1 rings (SSSR count). The third-order valence-corrected chi connectivity index (χ3v) is 2.41. The first-order valence-electron chi connectivity index (χ1n) is 4.57. The van der Waals surface area contributed by atoms with Gasteiger partial charge in [-0.05, 0) is 30.5 Å². The van der Waals surface area contributed by atoms with Crippen molar-refractivity contribution in [3.63, 3.8) is 0 Å². The molecule has 0 fully saturated rings. The Morgan fingerprint density at radius 2 is 2.50 bits per heavy atom. The first-order chi connectivity index (χ1) is 7.76. The molecule has 1 aromatic heterocycles. The number of aromatic nitrogens is 2. The van der Waals surface area contributed by atoms with E-state index in [0.29, 0.717) is 11.7 Å². The van der Waals surface area contributed by atoms with Gasteiger partial charge in [-0.3, -0.25) is 5.32 Å². The van der Waals surface area contributed by atoms with E-state index in [2.05, 4.69) is 25.2 Å². The predicted octanol–water partition coefficient (Wildman–Crippen LogP) is 0.579. The van der Waals surface area contributed by atoms with E-state index in [-0.39, 0.29) is 0 Å². The summed E-state index contributed by atoms with van der Waals surface area (Å²) < 4.78 is 4.10. The number of aryl methyl sites for hydroxylation is 1. The number of guanidine groups is 1. The molecular formula is C9H12N6S. The largest absolute Gasteiger partial charge is 0.358 e. The van der Waals surface area contributed by atoms with Gasteiger partial charge in [0.05, 0.1) is 11.9 Å². The highest BCUT2D eigenvalue weighted by atomic mass is 32.2. The van der Waals surface area contributed by atoms with Gasteiger partial charge in [0.1, 0.15) is 0 Å². The lowest BCUT2D eigenvalue weighted by molar-refractivity contribution is 0.963. The molecular weight excluding hydrogens is 224 g/mol. The molecule has 0 aliphatic heterocycles. The fraction of sp³-hybridized carbons (Fsp3) is 0.333. The molecule has 7 heteroatoms. The molecule has 0 saturated carbocycles. The topological polar surface area (TPSA) is 86.0 Å². The van der Waals surface area contributed by atoms with Crippen molar-refractivity contribution >= 4 is 17.9 Å². The van der Waals surface area contributed by atoms with Gasteiger partial charge in [0.15, 0.2) is 6.19 Å². The number of nitrogens with zero attached hydrogens (tertiary/aromatic N) is 4. The third kappa shape index (κ3) is 4.14. The summed E-state index contributed by atoms with van der Waals surface area (Å²) in [5.41, 5.74) is 1.93. The Hall–Kier alpha value is -1.81. The van der Waals surface area contributed by atoms with Crippen LogP contribution in [0.15, 0.2) is 16.7 Å². The SMILES string of the molecule is CNC(=NSCc1cnnc(C)c1)NC#N. The second-order valence-corrected chi connectivity index (χ2v) is 3.63. The van der Waals surface area contributed by atoms with Crippen molar-refractivity contribution in [1.29, 1.82) is 5.26 Å². The van der Waals surface area contributed by atoms with Gasteiger partial charge in [-0.2, -0.15) is 19.9 Å². The van der Waals surface area contributed by atoms with Gasteiger partial charge < -0.3 is 5.32 Å². The molecule has 16 heavy (non-hydrogen) atoms. The normalized spacial score (nSPS) is 10.7. The van der Waals surface area contributed by atoms with E-state index in [9.17, 15) is 0 Å². The first-order valence-corrected chi connectivity index (χ1v) is 5.51. The van der Waals surface area contributed by atoms with Crippen molar-refractivity contribution in [2.45, 2.75) is 12.7 Å². The monoisotopic (exact) mass is 236 g/mol. The fourth-order valence-electron chi connectivity index (χ4n) is 0.963. The van der Waals surface area contributed by atoms with Crippen LogP contribution in [0.1, 0.15) is 11.3 Å². The van der Waals surface area contributed by atoms with Crippen LogP contribution in [0.2, 0.25) is 0 Å². The summed E-state index contributed by atoms with van der Waals surface area (Å²) in [6.07, 6.45) is 3.50. The Kier molecular flexibility index (Phi) is 5.08. The molecule has 0 aromatic carbocycles. The Morgan fingerprint density at radius 1 is 1.69 bits per heavy atom. The summed E-state index contributed by atoms with van der Waals surface area (Å²) in [4.78, 5) is 0. The van der Waals surface area contributed by atoms with E-state index >= 15 is 0 Å². The van der Waals surface area contributed by atoms with Crippen molar-refractivity contribution in [3.05, 3.63) is 23.5 Å². The van der Waals surface area contributed by atoms with Crippen LogP contribution in [0.4, 0.5) is 0 Å². The lowest BCUT2D eigenvalue weighted by atomic mass is 10.3. The average molecular weight is 236 g/mol. The van der Waals surface area contributed by atoms with Crippen LogP contribution in [0, 0.1) is 18.4 Å². The lowest BCUT2D eigenvalue weighted by Crippen LogP contribution is -2.30. The Bertz CT molecular complexity index is 411. The standard InChI is InChI=1S/C9H12N6S/c1-7-3-8(4-13-14-7)5-16-15-9(11-2)12-6-10/h3-4H,5H2,1-2H3,(H2,11,12,15). The molecule has 84 valence electrons. The molecule has 0 amide bonds. The van der Waals surface area contributed by atoms with Gasteiger partial charge in [0.25, 0.3) is 0 Å². The quantitative estimate of drug-likeness (QED) is 0.262. The van der Waals surface area contributed by atoms with Gasteiger partial charge in [0.2, 0.25) is 5.96 Å². The highest BCUT2D eigenvalue weighted by Gasteiger charge is 1.97. The summed E-state index contributed by atoms with van der Waals surface area (Å²) in [7, 11) is 1.70. The second kappa shape index (κ2) is 6.63. The maximum absolute atomic E-state index is 8.41. The minimum Gasteiger partial charge on any atom is -0.358 e.